The van der Waals surface area contributed by atoms with Gasteiger partial charge in [0.15, 0.2) is 5.79 Å². The maximum atomic E-state index is 11.1. The summed E-state index contributed by atoms with van der Waals surface area (Å²) in [6.45, 7) is 11.7. The molecular weight excluding hydrogens is 192 g/mol. The third-order valence-corrected chi connectivity index (χ3v) is 2.62. The van der Waals surface area contributed by atoms with Crippen LogP contribution in [0.1, 0.15) is 34.1 Å². The van der Waals surface area contributed by atoms with Crippen LogP contribution in [0.2, 0.25) is 0 Å². The highest BCUT2D eigenvalue weighted by molar-refractivity contribution is 5.76. The predicted molar refractivity (Wildman–Crippen MR) is 58.5 cm³/mol. The lowest BCUT2D eigenvalue weighted by Crippen LogP contribution is -2.28. The molecule has 0 N–H and O–H groups in total. The molecule has 1 aliphatic heterocycles. The SMILES string of the molecule is C=C(C)[C@H](CC(C)=O)[C@H]1COC(C)(C)O1. The number of rotatable bonds is 4. The van der Waals surface area contributed by atoms with Crippen LogP contribution in [0, 0.1) is 5.92 Å². The fourth-order valence-corrected chi connectivity index (χ4v) is 1.85. The minimum absolute atomic E-state index is 0.0404. The van der Waals surface area contributed by atoms with Gasteiger partial charge in [-0.05, 0) is 27.7 Å². The zero-order valence-electron chi connectivity index (χ0n) is 10.0. The highest BCUT2D eigenvalue weighted by Crippen LogP contribution is 2.31. The highest BCUT2D eigenvalue weighted by atomic mass is 16.7. The Balaban J connectivity index is 2.66. The number of hydrogen-bond acceptors (Lipinski definition) is 3. The second-order valence-electron chi connectivity index (χ2n) is 4.73. The number of ketones is 1. The van der Waals surface area contributed by atoms with Crippen LogP contribution >= 0.6 is 0 Å². The van der Waals surface area contributed by atoms with Crippen LogP contribution in [0.25, 0.3) is 0 Å². The van der Waals surface area contributed by atoms with Crippen LogP contribution in [0.5, 0.6) is 0 Å². The van der Waals surface area contributed by atoms with Crippen molar-refractivity contribution in [2.45, 2.75) is 46.0 Å². The van der Waals surface area contributed by atoms with E-state index in [2.05, 4.69) is 6.58 Å². The Morgan fingerprint density at radius 2 is 2.13 bits per heavy atom. The maximum absolute atomic E-state index is 11.1. The van der Waals surface area contributed by atoms with Gasteiger partial charge in [0.1, 0.15) is 5.78 Å². The summed E-state index contributed by atoms with van der Waals surface area (Å²) in [5, 5.41) is 0. The van der Waals surface area contributed by atoms with Crippen LogP contribution in [-0.4, -0.2) is 24.3 Å². The normalized spacial score (nSPS) is 26.3. The van der Waals surface area contributed by atoms with Gasteiger partial charge in [-0.2, -0.15) is 0 Å². The number of carbonyl (C=O) groups excluding carboxylic acids is 1. The molecule has 0 amide bonds. The van der Waals surface area contributed by atoms with Crippen molar-refractivity contribution in [2.75, 3.05) is 6.61 Å². The first kappa shape index (κ1) is 12.4. The van der Waals surface area contributed by atoms with Crippen molar-refractivity contribution in [3.05, 3.63) is 12.2 Å². The molecule has 1 aliphatic rings. The fourth-order valence-electron chi connectivity index (χ4n) is 1.85. The van der Waals surface area contributed by atoms with E-state index in [0.717, 1.165) is 5.57 Å². The van der Waals surface area contributed by atoms with E-state index in [4.69, 9.17) is 9.47 Å². The third kappa shape index (κ3) is 3.43. The molecule has 1 heterocycles. The average Bonchev–Trinajstić information content (AvgIpc) is 2.41. The van der Waals surface area contributed by atoms with Crippen molar-refractivity contribution < 1.29 is 14.3 Å². The number of Topliss-reactive ketones (excluding diaryl/α,β-unsaturated/α-hetero) is 1. The smallest absolute Gasteiger partial charge is 0.163 e. The monoisotopic (exact) mass is 212 g/mol. The van der Waals surface area contributed by atoms with E-state index in [1.165, 1.54) is 0 Å². The zero-order valence-corrected chi connectivity index (χ0v) is 10.0. The van der Waals surface area contributed by atoms with Crippen LogP contribution in [0.3, 0.4) is 0 Å². The lowest BCUT2D eigenvalue weighted by molar-refractivity contribution is -0.144. The molecule has 0 spiro atoms. The molecule has 0 aromatic rings. The Labute approximate surface area is 91.4 Å². The van der Waals surface area contributed by atoms with Gasteiger partial charge >= 0.3 is 0 Å². The van der Waals surface area contributed by atoms with E-state index in [1.807, 2.05) is 20.8 Å². The Morgan fingerprint density at radius 1 is 1.53 bits per heavy atom. The van der Waals surface area contributed by atoms with Crippen molar-refractivity contribution in [1.29, 1.82) is 0 Å². The van der Waals surface area contributed by atoms with Gasteiger partial charge < -0.3 is 14.3 Å². The second kappa shape index (κ2) is 4.45. The number of hydrogen-bond donors (Lipinski definition) is 0. The summed E-state index contributed by atoms with van der Waals surface area (Å²) in [5.74, 6) is -0.296. The van der Waals surface area contributed by atoms with Crippen molar-refractivity contribution >= 4 is 5.78 Å². The Bertz CT molecular complexity index is 268. The molecule has 0 aromatic carbocycles. The van der Waals surface area contributed by atoms with Gasteiger partial charge in [0, 0.05) is 12.3 Å². The summed E-state index contributed by atoms with van der Waals surface area (Å²) in [4.78, 5) is 11.1. The van der Waals surface area contributed by atoms with Crippen LogP contribution in [0.4, 0.5) is 0 Å². The first-order valence-corrected chi connectivity index (χ1v) is 5.28. The van der Waals surface area contributed by atoms with E-state index in [1.54, 1.807) is 6.92 Å². The summed E-state index contributed by atoms with van der Waals surface area (Å²) in [7, 11) is 0. The summed E-state index contributed by atoms with van der Waals surface area (Å²) in [5.41, 5.74) is 0.983. The Kier molecular flexibility index (Phi) is 3.68. The molecule has 86 valence electrons. The number of carbonyl (C=O) groups is 1. The highest BCUT2D eigenvalue weighted by Gasteiger charge is 2.37. The van der Waals surface area contributed by atoms with Crippen molar-refractivity contribution in [3.63, 3.8) is 0 Å². The van der Waals surface area contributed by atoms with Crippen LogP contribution in [0.15, 0.2) is 12.2 Å². The summed E-state index contributed by atoms with van der Waals surface area (Å²) >= 11 is 0. The minimum atomic E-state index is -0.533. The lowest BCUT2D eigenvalue weighted by atomic mass is 9.91. The molecule has 1 saturated heterocycles. The standard InChI is InChI=1S/C12H20O3/c1-8(2)10(6-9(3)13)11-7-14-12(4,5)15-11/h10-11H,1,6-7H2,2-5H3/t10-,11+/m0/s1. The second-order valence-corrected chi connectivity index (χ2v) is 4.73. The lowest BCUT2D eigenvalue weighted by Gasteiger charge is -2.23. The maximum Gasteiger partial charge on any atom is 0.163 e. The molecule has 0 radical (unpaired) electrons. The third-order valence-electron chi connectivity index (χ3n) is 2.62. The average molecular weight is 212 g/mol. The molecule has 2 atom stereocenters. The molecule has 0 unspecified atom stereocenters. The molecule has 1 rings (SSSR count). The van der Waals surface area contributed by atoms with Crippen LogP contribution in [-0.2, 0) is 14.3 Å². The van der Waals surface area contributed by atoms with Crippen molar-refractivity contribution in [1.82, 2.24) is 0 Å². The Hall–Kier alpha value is -0.670. The van der Waals surface area contributed by atoms with E-state index in [0.29, 0.717) is 13.0 Å². The largest absolute Gasteiger partial charge is 0.348 e. The van der Waals surface area contributed by atoms with E-state index < -0.39 is 5.79 Å². The molecule has 3 nitrogen and oxygen atoms in total. The summed E-state index contributed by atoms with van der Waals surface area (Å²) < 4.78 is 11.2. The van der Waals surface area contributed by atoms with Crippen molar-refractivity contribution in [2.24, 2.45) is 5.92 Å². The minimum Gasteiger partial charge on any atom is -0.348 e. The Morgan fingerprint density at radius 3 is 2.47 bits per heavy atom. The van der Waals surface area contributed by atoms with Gasteiger partial charge in [-0.15, -0.1) is 0 Å². The molecule has 15 heavy (non-hydrogen) atoms. The van der Waals surface area contributed by atoms with E-state index in [-0.39, 0.29) is 17.8 Å². The first-order chi connectivity index (χ1) is 6.82. The summed E-state index contributed by atoms with van der Waals surface area (Å²) in [6, 6.07) is 0. The molecular formula is C12H20O3. The van der Waals surface area contributed by atoms with Crippen LogP contribution < -0.4 is 0 Å². The van der Waals surface area contributed by atoms with Gasteiger partial charge in [-0.3, -0.25) is 0 Å². The molecule has 0 saturated carbocycles. The molecule has 1 fully saturated rings. The van der Waals surface area contributed by atoms with Crippen molar-refractivity contribution in [3.8, 4) is 0 Å². The quantitative estimate of drug-likeness (QED) is 0.671. The zero-order chi connectivity index (χ0) is 11.6. The molecule has 0 bridgehead atoms. The molecule has 0 aromatic heterocycles. The van der Waals surface area contributed by atoms with Gasteiger partial charge in [-0.25, -0.2) is 0 Å². The molecule has 0 aliphatic carbocycles. The van der Waals surface area contributed by atoms with E-state index in [9.17, 15) is 4.79 Å². The van der Waals surface area contributed by atoms with Gasteiger partial charge in [0.2, 0.25) is 0 Å². The number of ether oxygens (including phenoxy) is 2. The van der Waals surface area contributed by atoms with Gasteiger partial charge in [0.05, 0.1) is 12.7 Å². The fraction of sp³-hybridized carbons (Fsp3) is 0.750. The topological polar surface area (TPSA) is 35.5 Å². The van der Waals surface area contributed by atoms with Gasteiger partial charge in [-0.1, -0.05) is 12.2 Å². The first-order valence-electron chi connectivity index (χ1n) is 5.28. The van der Waals surface area contributed by atoms with E-state index >= 15 is 0 Å². The summed E-state index contributed by atoms with van der Waals surface area (Å²) in [6.07, 6.45) is 0.445. The van der Waals surface area contributed by atoms with Gasteiger partial charge in [0.25, 0.3) is 0 Å². The predicted octanol–water partition coefficient (Wildman–Crippen LogP) is 2.31. The molecule has 3 heteroatoms.